The molecule has 124 valence electrons. The highest BCUT2D eigenvalue weighted by atomic mass is 16.2. The lowest BCUT2D eigenvalue weighted by molar-refractivity contribution is 0.0772. The van der Waals surface area contributed by atoms with Crippen molar-refractivity contribution < 1.29 is 4.79 Å². The average Bonchev–Trinajstić information content (AvgIpc) is 2.96. The van der Waals surface area contributed by atoms with Crippen LogP contribution < -0.4 is 4.90 Å². The van der Waals surface area contributed by atoms with Crippen LogP contribution in [0.3, 0.4) is 0 Å². The normalized spacial score (nSPS) is 11.4. The van der Waals surface area contributed by atoms with Crippen molar-refractivity contribution in [3.63, 3.8) is 0 Å². The van der Waals surface area contributed by atoms with E-state index >= 15 is 0 Å². The fraction of sp³-hybridized carbons (Fsp3) is 0.533. The first-order valence-electron chi connectivity index (χ1n) is 7.34. The minimum Gasteiger partial charge on any atom is -0.347 e. The van der Waals surface area contributed by atoms with Crippen LogP contribution in [0.5, 0.6) is 0 Å². The van der Waals surface area contributed by atoms with Crippen LogP contribution in [0.25, 0.3) is 0 Å². The third kappa shape index (κ3) is 4.02. The Bertz CT molecular complexity index is 670. The van der Waals surface area contributed by atoms with Crippen LogP contribution in [-0.4, -0.2) is 56.7 Å². The molecule has 0 atom stereocenters. The Kier molecular flexibility index (Phi) is 4.63. The predicted molar refractivity (Wildman–Crippen MR) is 87.2 cm³/mol. The molecule has 2 aromatic heterocycles. The summed E-state index contributed by atoms with van der Waals surface area (Å²) >= 11 is 0. The molecule has 0 fully saturated rings. The van der Waals surface area contributed by atoms with Crippen LogP contribution in [0.1, 0.15) is 37.0 Å². The van der Waals surface area contributed by atoms with Gasteiger partial charge in [0.1, 0.15) is 6.33 Å². The predicted octanol–water partition coefficient (Wildman–Crippen LogP) is 1.16. The van der Waals surface area contributed by atoms with Crippen molar-refractivity contribution in [1.29, 1.82) is 0 Å². The summed E-state index contributed by atoms with van der Waals surface area (Å²) in [5, 5.41) is 4.26. The van der Waals surface area contributed by atoms with Gasteiger partial charge in [-0.2, -0.15) is 0 Å². The summed E-state index contributed by atoms with van der Waals surface area (Å²) in [6.07, 6.45) is 5.01. The molecule has 8 nitrogen and oxygen atoms in total. The van der Waals surface area contributed by atoms with Crippen LogP contribution in [0.2, 0.25) is 0 Å². The zero-order valence-corrected chi connectivity index (χ0v) is 14.5. The quantitative estimate of drug-likeness (QED) is 0.842. The Morgan fingerprint density at radius 3 is 2.22 bits per heavy atom. The van der Waals surface area contributed by atoms with Gasteiger partial charge in [-0.1, -0.05) is 0 Å². The van der Waals surface area contributed by atoms with Crippen molar-refractivity contribution in [2.75, 3.05) is 26.0 Å². The van der Waals surface area contributed by atoms with E-state index in [1.165, 1.54) is 0 Å². The summed E-state index contributed by atoms with van der Waals surface area (Å²) in [6.45, 7) is 6.41. The van der Waals surface area contributed by atoms with E-state index in [4.69, 9.17) is 0 Å². The highest BCUT2D eigenvalue weighted by Gasteiger charge is 2.21. The van der Waals surface area contributed by atoms with Crippen LogP contribution in [0.4, 0.5) is 5.95 Å². The molecule has 0 aliphatic rings. The van der Waals surface area contributed by atoms with Gasteiger partial charge in [-0.25, -0.2) is 19.6 Å². The van der Waals surface area contributed by atoms with Gasteiger partial charge in [0.15, 0.2) is 0 Å². The monoisotopic (exact) mass is 317 g/mol. The van der Waals surface area contributed by atoms with Crippen LogP contribution in [0, 0.1) is 0 Å². The topological polar surface area (TPSA) is 80.0 Å². The van der Waals surface area contributed by atoms with E-state index < -0.39 is 0 Å². The average molecular weight is 317 g/mol. The number of anilines is 1. The van der Waals surface area contributed by atoms with E-state index in [2.05, 4.69) is 20.1 Å². The first-order chi connectivity index (χ1) is 10.7. The lowest BCUT2D eigenvalue weighted by atomic mass is 10.1. The number of aromatic nitrogens is 5. The van der Waals surface area contributed by atoms with E-state index in [1.54, 1.807) is 35.4 Å². The largest absolute Gasteiger partial charge is 0.347 e. The Balaban J connectivity index is 2.06. The first-order valence-corrected chi connectivity index (χ1v) is 7.34. The van der Waals surface area contributed by atoms with Gasteiger partial charge >= 0.3 is 0 Å². The SMILES string of the molecule is CN(Cc1cnc(N(C)C)nc1)C(=O)c1ncn(C(C)(C)C)n1. The van der Waals surface area contributed by atoms with Crippen molar-refractivity contribution >= 4 is 11.9 Å². The number of rotatable bonds is 4. The smallest absolute Gasteiger partial charge is 0.293 e. The van der Waals surface area contributed by atoms with Crippen molar-refractivity contribution in [2.24, 2.45) is 0 Å². The van der Waals surface area contributed by atoms with Crippen LogP contribution in [0.15, 0.2) is 18.7 Å². The van der Waals surface area contributed by atoms with Gasteiger partial charge in [-0.15, -0.1) is 5.10 Å². The highest BCUT2D eigenvalue weighted by molar-refractivity contribution is 5.90. The second kappa shape index (κ2) is 6.31. The summed E-state index contributed by atoms with van der Waals surface area (Å²) in [4.78, 5) is 28.4. The molecule has 0 saturated carbocycles. The molecule has 0 aromatic carbocycles. The summed E-state index contributed by atoms with van der Waals surface area (Å²) in [5.41, 5.74) is 0.640. The van der Waals surface area contributed by atoms with Gasteiger partial charge in [0, 0.05) is 45.6 Å². The van der Waals surface area contributed by atoms with Crippen molar-refractivity contribution in [3.05, 3.63) is 30.1 Å². The number of nitrogens with zero attached hydrogens (tertiary/aromatic N) is 7. The Morgan fingerprint density at radius 1 is 1.13 bits per heavy atom. The van der Waals surface area contributed by atoms with Gasteiger partial charge in [0.05, 0.1) is 5.54 Å². The summed E-state index contributed by atoms with van der Waals surface area (Å²) in [5.74, 6) is 0.589. The maximum absolute atomic E-state index is 12.4. The molecule has 2 rings (SSSR count). The molecule has 0 unspecified atom stereocenters. The Hall–Kier alpha value is -2.51. The fourth-order valence-electron chi connectivity index (χ4n) is 1.86. The van der Waals surface area contributed by atoms with Gasteiger partial charge in [-0.3, -0.25) is 4.79 Å². The lowest BCUT2D eigenvalue weighted by Gasteiger charge is -2.18. The maximum Gasteiger partial charge on any atom is 0.293 e. The van der Waals surface area contributed by atoms with Crippen molar-refractivity contribution in [1.82, 2.24) is 29.6 Å². The molecule has 0 spiro atoms. The molecule has 0 bridgehead atoms. The Morgan fingerprint density at radius 2 is 1.74 bits per heavy atom. The second-order valence-electron chi connectivity index (χ2n) is 6.63. The molecule has 23 heavy (non-hydrogen) atoms. The van der Waals surface area contributed by atoms with E-state index in [0.717, 1.165) is 5.56 Å². The van der Waals surface area contributed by atoms with E-state index in [9.17, 15) is 4.79 Å². The number of carbonyl (C=O) groups is 1. The maximum atomic E-state index is 12.4. The van der Waals surface area contributed by atoms with Gasteiger partial charge in [0.25, 0.3) is 5.91 Å². The molecule has 0 radical (unpaired) electrons. The zero-order chi connectivity index (χ0) is 17.2. The number of hydrogen-bond acceptors (Lipinski definition) is 6. The molecule has 8 heteroatoms. The second-order valence-corrected chi connectivity index (χ2v) is 6.63. The Labute approximate surface area is 136 Å². The lowest BCUT2D eigenvalue weighted by Crippen LogP contribution is -2.28. The molecule has 2 aromatic rings. The molecule has 0 N–H and O–H groups in total. The molecular weight excluding hydrogens is 294 g/mol. The third-order valence-corrected chi connectivity index (χ3v) is 3.23. The fourth-order valence-corrected chi connectivity index (χ4v) is 1.86. The van der Waals surface area contributed by atoms with Gasteiger partial charge < -0.3 is 9.80 Å². The standard InChI is InChI=1S/C15H23N7O/c1-15(2,3)22-10-18-12(19-22)13(23)21(6)9-11-7-16-14(17-8-11)20(4)5/h7-8,10H,9H2,1-6H3. The van der Waals surface area contributed by atoms with E-state index in [0.29, 0.717) is 12.5 Å². The molecular formula is C15H23N7O. The molecule has 0 saturated heterocycles. The minimum absolute atomic E-state index is 0.188. The summed E-state index contributed by atoms with van der Waals surface area (Å²) in [6, 6.07) is 0. The molecule has 2 heterocycles. The van der Waals surface area contributed by atoms with Gasteiger partial charge in [-0.05, 0) is 20.8 Å². The van der Waals surface area contributed by atoms with E-state index in [1.807, 2.05) is 39.8 Å². The number of carbonyl (C=O) groups excluding carboxylic acids is 1. The third-order valence-electron chi connectivity index (χ3n) is 3.23. The van der Waals surface area contributed by atoms with Gasteiger partial charge in [0.2, 0.25) is 11.8 Å². The van der Waals surface area contributed by atoms with E-state index in [-0.39, 0.29) is 17.3 Å². The highest BCUT2D eigenvalue weighted by Crippen LogP contribution is 2.12. The minimum atomic E-state index is -0.232. The zero-order valence-electron chi connectivity index (χ0n) is 14.5. The number of amides is 1. The number of hydrogen-bond donors (Lipinski definition) is 0. The van der Waals surface area contributed by atoms with Crippen LogP contribution in [-0.2, 0) is 12.1 Å². The molecule has 1 amide bonds. The summed E-state index contributed by atoms with van der Waals surface area (Å²) < 4.78 is 1.68. The molecule has 0 aliphatic carbocycles. The van der Waals surface area contributed by atoms with Crippen molar-refractivity contribution in [2.45, 2.75) is 32.9 Å². The van der Waals surface area contributed by atoms with Crippen LogP contribution >= 0.6 is 0 Å². The summed E-state index contributed by atoms with van der Waals surface area (Å²) in [7, 11) is 5.46. The first kappa shape index (κ1) is 16.9. The molecule has 0 aliphatic heterocycles. The van der Waals surface area contributed by atoms with Crippen molar-refractivity contribution in [3.8, 4) is 0 Å².